The predicted molar refractivity (Wildman–Crippen MR) is 61.8 cm³/mol. The first-order valence-corrected chi connectivity index (χ1v) is 5.63. The molecule has 2 rings (SSSR count). The SMILES string of the molecule is N/C(=N/O)c1ccc(OC2COC2)c(F)c1Br. The van der Waals surface area contributed by atoms with Gasteiger partial charge in [0.25, 0.3) is 0 Å². The maximum Gasteiger partial charge on any atom is 0.179 e. The first-order chi connectivity index (χ1) is 8.13. The molecule has 92 valence electrons. The highest BCUT2D eigenvalue weighted by atomic mass is 79.9. The van der Waals surface area contributed by atoms with Crippen LogP contribution in [0.4, 0.5) is 4.39 Å². The van der Waals surface area contributed by atoms with Gasteiger partial charge in [-0.25, -0.2) is 4.39 Å². The Bertz CT molecular complexity index is 463. The predicted octanol–water partition coefficient (Wildman–Crippen LogP) is 1.46. The van der Waals surface area contributed by atoms with E-state index in [0.717, 1.165) is 0 Å². The van der Waals surface area contributed by atoms with Crippen LogP contribution in [0.15, 0.2) is 21.8 Å². The quantitative estimate of drug-likeness (QED) is 0.384. The Balaban J connectivity index is 2.28. The minimum absolute atomic E-state index is 0.102. The van der Waals surface area contributed by atoms with E-state index in [0.29, 0.717) is 13.2 Å². The highest BCUT2D eigenvalue weighted by molar-refractivity contribution is 9.10. The summed E-state index contributed by atoms with van der Waals surface area (Å²) in [5.74, 6) is -0.644. The zero-order valence-electron chi connectivity index (χ0n) is 8.69. The molecule has 1 aliphatic rings. The molecule has 0 aliphatic carbocycles. The molecule has 17 heavy (non-hydrogen) atoms. The maximum atomic E-state index is 13.9. The molecular formula is C10H10BrFN2O3. The van der Waals surface area contributed by atoms with Crippen molar-refractivity contribution >= 4 is 21.8 Å². The number of ether oxygens (including phenoxy) is 2. The first-order valence-electron chi connectivity index (χ1n) is 4.83. The zero-order valence-corrected chi connectivity index (χ0v) is 10.3. The molecule has 0 aromatic heterocycles. The van der Waals surface area contributed by atoms with Gasteiger partial charge in [-0.15, -0.1) is 0 Å². The van der Waals surface area contributed by atoms with Crippen molar-refractivity contribution in [3.05, 3.63) is 28.0 Å². The second kappa shape index (κ2) is 4.89. The normalized spacial score (nSPS) is 16.7. The van der Waals surface area contributed by atoms with Crippen LogP contribution in [0.1, 0.15) is 5.56 Å². The molecule has 0 unspecified atom stereocenters. The van der Waals surface area contributed by atoms with Crippen molar-refractivity contribution in [1.82, 2.24) is 0 Å². The number of halogens is 2. The van der Waals surface area contributed by atoms with E-state index in [1.54, 1.807) is 0 Å². The van der Waals surface area contributed by atoms with Crippen LogP contribution in [0.5, 0.6) is 5.75 Å². The van der Waals surface area contributed by atoms with Gasteiger partial charge >= 0.3 is 0 Å². The smallest absolute Gasteiger partial charge is 0.179 e. The fraction of sp³-hybridized carbons (Fsp3) is 0.300. The van der Waals surface area contributed by atoms with Crippen LogP contribution in [0.3, 0.4) is 0 Å². The summed E-state index contributed by atoms with van der Waals surface area (Å²) in [7, 11) is 0. The molecule has 0 amide bonds. The molecule has 0 atom stereocenters. The number of oxime groups is 1. The van der Waals surface area contributed by atoms with Gasteiger partial charge < -0.3 is 20.4 Å². The highest BCUT2D eigenvalue weighted by Crippen LogP contribution is 2.29. The second-order valence-electron chi connectivity index (χ2n) is 3.50. The molecule has 0 saturated carbocycles. The van der Waals surface area contributed by atoms with Gasteiger partial charge in [-0.3, -0.25) is 0 Å². The van der Waals surface area contributed by atoms with Crippen molar-refractivity contribution < 1.29 is 19.1 Å². The number of nitrogens with zero attached hydrogens (tertiary/aromatic N) is 1. The fourth-order valence-corrected chi connectivity index (χ4v) is 1.87. The van der Waals surface area contributed by atoms with Gasteiger partial charge in [-0.1, -0.05) is 5.16 Å². The number of hydrogen-bond donors (Lipinski definition) is 2. The van der Waals surface area contributed by atoms with E-state index >= 15 is 0 Å². The average Bonchev–Trinajstić information content (AvgIpc) is 2.28. The number of amidine groups is 1. The number of hydrogen-bond acceptors (Lipinski definition) is 4. The van der Waals surface area contributed by atoms with E-state index in [1.165, 1.54) is 12.1 Å². The minimum Gasteiger partial charge on any atom is -0.482 e. The summed E-state index contributed by atoms with van der Waals surface area (Å²) in [5, 5.41) is 11.4. The molecule has 1 aliphatic heterocycles. The van der Waals surface area contributed by atoms with Gasteiger partial charge in [0, 0.05) is 5.56 Å². The average molecular weight is 305 g/mol. The monoisotopic (exact) mass is 304 g/mol. The van der Waals surface area contributed by atoms with Crippen LogP contribution < -0.4 is 10.5 Å². The Hall–Kier alpha value is -1.34. The van der Waals surface area contributed by atoms with E-state index in [2.05, 4.69) is 21.1 Å². The molecule has 1 saturated heterocycles. The summed E-state index contributed by atoms with van der Waals surface area (Å²) in [5.41, 5.74) is 5.66. The number of rotatable bonds is 3. The van der Waals surface area contributed by atoms with E-state index in [9.17, 15) is 4.39 Å². The molecule has 3 N–H and O–H groups in total. The van der Waals surface area contributed by atoms with Crippen LogP contribution in [-0.2, 0) is 4.74 Å². The third kappa shape index (κ3) is 2.34. The topological polar surface area (TPSA) is 77.1 Å². The minimum atomic E-state index is -0.582. The molecule has 7 heteroatoms. The Kier molecular flexibility index (Phi) is 3.49. The largest absolute Gasteiger partial charge is 0.482 e. The Morgan fingerprint density at radius 2 is 2.29 bits per heavy atom. The second-order valence-corrected chi connectivity index (χ2v) is 4.29. The van der Waals surface area contributed by atoms with Crippen LogP contribution in [0, 0.1) is 5.82 Å². The van der Waals surface area contributed by atoms with Gasteiger partial charge in [-0.2, -0.15) is 0 Å². The molecule has 1 fully saturated rings. The summed E-state index contributed by atoms with van der Waals surface area (Å²) in [6.07, 6.45) is -0.119. The van der Waals surface area contributed by atoms with Crippen molar-refractivity contribution in [1.29, 1.82) is 0 Å². The van der Waals surface area contributed by atoms with Crippen molar-refractivity contribution in [3.8, 4) is 5.75 Å². The fourth-order valence-electron chi connectivity index (χ4n) is 1.34. The van der Waals surface area contributed by atoms with E-state index < -0.39 is 5.82 Å². The van der Waals surface area contributed by atoms with Gasteiger partial charge in [0.1, 0.15) is 6.10 Å². The Morgan fingerprint density at radius 1 is 1.59 bits per heavy atom. The lowest BCUT2D eigenvalue weighted by molar-refractivity contribution is -0.0809. The molecule has 0 spiro atoms. The van der Waals surface area contributed by atoms with E-state index in [-0.39, 0.29) is 27.7 Å². The molecule has 1 aromatic carbocycles. The third-order valence-corrected chi connectivity index (χ3v) is 3.11. The summed E-state index contributed by atoms with van der Waals surface area (Å²) < 4.78 is 24.3. The zero-order chi connectivity index (χ0) is 12.4. The third-order valence-electron chi connectivity index (χ3n) is 2.33. The lowest BCUT2D eigenvalue weighted by atomic mass is 10.2. The van der Waals surface area contributed by atoms with Gasteiger partial charge in [0.05, 0.1) is 17.7 Å². The molecular weight excluding hydrogens is 295 g/mol. The summed E-state index contributed by atoms with van der Waals surface area (Å²) in [6, 6.07) is 2.95. The molecule has 5 nitrogen and oxygen atoms in total. The first kappa shape index (κ1) is 12.1. The lowest BCUT2D eigenvalue weighted by Gasteiger charge is -2.27. The Labute approximate surface area is 105 Å². The van der Waals surface area contributed by atoms with Crippen LogP contribution >= 0.6 is 15.9 Å². The molecule has 0 bridgehead atoms. The molecule has 0 radical (unpaired) electrons. The summed E-state index contributed by atoms with van der Waals surface area (Å²) >= 11 is 3.04. The van der Waals surface area contributed by atoms with E-state index in [4.69, 9.17) is 20.4 Å². The van der Waals surface area contributed by atoms with Gasteiger partial charge in [0.15, 0.2) is 17.4 Å². The van der Waals surface area contributed by atoms with Crippen molar-refractivity contribution in [2.75, 3.05) is 13.2 Å². The lowest BCUT2D eigenvalue weighted by Crippen LogP contribution is -2.38. The number of nitrogens with two attached hydrogens (primary N) is 1. The summed E-state index contributed by atoms with van der Waals surface area (Å²) in [6.45, 7) is 0.915. The Morgan fingerprint density at radius 3 is 2.82 bits per heavy atom. The van der Waals surface area contributed by atoms with Crippen LogP contribution in [0.2, 0.25) is 0 Å². The number of benzene rings is 1. The van der Waals surface area contributed by atoms with E-state index in [1.807, 2.05) is 0 Å². The van der Waals surface area contributed by atoms with Crippen LogP contribution in [0.25, 0.3) is 0 Å². The van der Waals surface area contributed by atoms with Crippen molar-refractivity contribution in [3.63, 3.8) is 0 Å². The molecule has 1 heterocycles. The standard InChI is InChI=1S/C10H10BrFN2O3/c11-8-6(10(13)14-15)1-2-7(9(8)12)17-5-3-16-4-5/h1-2,5,15H,3-4H2,(H2,13,14). The maximum absolute atomic E-state index is 13.9. The van der Waals surface area contributed by atoms with Gasteiger partial charge in [0.2, 0.25) is 0 Å². The molecule has 1 aromatic rings. The van der Waals surface area contributed by atoms with Crippen LogP contribution in [-0.4, -0.2) is 30.4 Å². The highest BCUT2D eigenvalue weighted by Gasteiger charge is 2.23. The van der Waals surface area contributed by atoms with Gasteiger partial charge in [-0.05, 0) is 28.1 Å². The summed E-state index contributed by atoms with van der Waals surface area (Å²) in [4.78, 5) is 0. The van der Waals surface area contributed by atoms with Crippen molar-refractivity contribution in [2.45, 2.75) is 6.10 Å². The van der Waals surface area contributed by atoms with Crippen molar-refractivity contribution in [2.24, 2.45) is 10.9 Å².